The second kappa shape index (κ2) is 8.86. The van der Waals surface area contributed by atoms with Crippen LogP contribution in [0.2, 0.25) is 0 Å². The molecule has 3 fully saturated rings. The first-order chi connectivity index (χ1) is 17.2. The zero-order valence-electron chi connectivity index (χ0n) is 19.8. The highest BCUT2D eigenvalue weighted by atomic mass is 19.3. The average Bonchev–Trinajstić information content (AvgIpc) is 3.20. The smallest absolute Gasteiger partial charge is 0.271 e. The van der Waals surface area contributed by atoms with Crippen molar-refractivity contribution in [3.8, 4) is 5.75 Å². The summed E-state index contributed by atoms with van der Waals surface area (Å²) in [7, 11) is 1.50. The lowest BCUT2D eigenvalue weighted by atomic mass is 9.92. The van der Waals surface area contributed by atoms with E-state index in [0.29, 0.717) is 35.9 Å². The summed E-state index contributed by atoms with van der Waals surface area (Å²) in [6.07, 6.45) is 1.44. The molecule has 4 unspecified atom stereocenters. The van der Waals surface area contributed by atoms with Crippen LogP contribution in [0.15, 0.2) is 24.3 Å². The predicted molar refractivity (Wildman–Crippen MR) is 125 cm³/mol. The number of alkyl halides is 2. The van der Waals surface area contributed by atoms with E-state index in [1.165, 1.54) is 12.0 Å². The van der Waals surface area contributed by atoms with Crippen LogP contribution < -0.4 is 15.4 Å². The molecule has 3 heterocycles. The van der Waals surface area contributed by atoms with Gasteiger partial charge in [0, 0.05) is 36.3 Å². The molecule has 3 amide bonds. The highest BCUT2D eigenvalue weighted by molar-refractivity contribution is 6.02. The van der Waals surface area contributed by atoms with Crippen LogP contribution in [-0.2, 0) is 14.4 Å². The number of nitrogens with zero attached hydrogens (tertiary/aromatic N) is 1. The maximum absolute atomic E-state index is 14.3. The van der Waals surface area contributed by atoms with Crippen molar-refractivity contribution in [3.05, 3.63) is 30.0 Å². The number of aromatic amines is 1. The molecule has 3 N–H and O–H groups in total. The second-order valence-electron chi connectivity index (χ2n) is 10.0. The molecular weight excluding hydrogens is 474 g/mol. The number of aromatic nitrogens is 1. The minimum absolute atomic E-state index is 0.116. The third-order valence-electron chi connectivity index (χ3n) is 7.71. The lowest BCUT2D eigenvalue weighted by molar-refractivity contribution is -0.130. The molecule has 1 aromatic heterocycles. The number of halogens is 2. The highest BCUT2D eigenvalue weighted by Crippen LogP contribution is 2.66. The van der Waals surface area contributed by atoms with Crippen LogP contribution in [-0.4, -0.2) is 72.1 Å². The van der Waals surface area contributed by atoms with Crippen molar-refractivity contribution in [1.29, 1.82) is 0 Å². The van der Waals surface area contributed by atoms with Crippen LogP contribution in [0.5, 0.6) is 5.75 Å². The third-order valence-corrected chi connectivity index (χ3v) is 7.71. The quantitative estimate of drug-likeness (QED) is 0.501. The van der Waals surface area contributed by atoms with Gasteiger partial charge in [0.25, 0.3) is 11.8 Å². The average molecular weight is 503 g/mol. The van der Waals surface area contributed by atoms with E-state index in [1.54, 1.807) is 24.3 Å². The maximum atomic E-state index is 14.3. The van der Waals surface area contributed by atoms with Crippen molar-refractivity contribution in [2.24, 2.45) is 11.3 Å². The molecule has 192 valence electrons. The van der Waals surface area contributed by atoms with Gasteiger partial charge in [0.1, 0.15) is 23.8 Å². The topological polar surface area (TPSA) is 121 Å². The Morgan fingerprint density at radius 2 is 2.14 bits per heavy atom. The predicted octanol–water partition coefficient (Wildman–Crippen LogP) is 2.02. The van der Waals surface area contributed by atoms with Gasteiger partial charge in [-0.15, -0.1) is 0 Å². The van der Waals surface area contributed by atoms with Gasteiger partial charge in [-0.3, -0.25) is 14.4 Å². The normalized spacial score (nSPS) is 27.5. The Bertz CT molecular complexity index is 1230. The number of amides is 3. The molecule has 2 saturated heterocycles. The molecule has 1 saturated carbocycles. The van der Waals surface area contributed by atoms with Gasteiger partial charge < -0.3 is 30.0 Å². The first-order valence-corrected chi connectivity index (χ1v) is 12.1. The zero-order chi connectivity index (χ0) is 25.7. The van der Waals surface area contributed by atoms with Crippen LogP contribution in [0.25, 0.3) is 10.9 Å². The van der Waals surface area contributed by atoms with Crippen LogP contribution in [0, 0.1) is 11.3 Å². The molecule has 9 nitrogen and oxygen atoms in total. The van der Waals surface area contributed by atoms with Crippen molar-refractivity contribution in [2.75, 3.05) is 20.2 Å². The number of benzene rings is 1. The number of aldehydes is 1. The van der Waals surface area contributed by atoms with Gasteiger partial charge in [-0.25, -0.2) is 8.78 Å². The number of rotatable bonds is 7. The number of nitrogens with one attached hydrogen (secondary N) is 3. The standard InChI is InChI=1S/C25H28F2N4O5/c1-36-20-6-2-5-17-16(20)9-18(30-17)23(35)31-13-24(12-25(24,26)27)10-19(31)22(34)29-15(11-32)8-14-4-3-7-28-21(14)33/h2,5-6,9,11,14-15,19,30H,3-4,7-8,10,12-13H2,1H3,(H,28,33)(H,29,34). The highest BCUT2D eigenvalue weighted by Gasteiger charge is 2.75. The Kier molecular flexibility index (Phi) is 5.96. The molecular formula is C25H28F2N4O5. The summed E-state index contributed by atoms with van der Waals surface area (Å²) in [6, 6.07) is 4.71. The molecule has 2 aliphatic heterocycles. The third kappa shape index (κ3) is 4.10. The number of hydrogen-bond donors (Lipinski definition) is 3. The fourth-order valence-corrected chi connectivity index (χ4v) is 5.57. The lowest BCUT2D eigenvalue weighted by Crippen LogP contribution is -2.50. The number of methoxy groups -OCH3 is 1. The molecule has 0 bridgehead atoms. The largest absolute Gasteiger partial charge is 0.496 e. The molecule has 5 rings (SSSR count). The van der Waals surface area contributed by atoms with Crippen LogP contribution in [0.4, 0.5) is 8.78 Å². The molecule has 36 heavy (non-hydrogen) atoms. The summed E-state index contributed by atoms with van der Waals surface area (Å²) in [5, 5.41) is 5.99. The Labute approximate surface area is 205 Å². The second-order valence-corrected chi connectivity index (χ2v) is 10.0. The monoisotopic (exact) mass is 502 g/mol. The number of carbonyl (C=O) groups excluding carboxylic acids is 4. The summed E-state index contributed by atoms with van der Waals surface area (Å²) in [5.41, 5.74) is -0.663. The van der Waals surface area contributed by atoms with E-state index in [4.69, 9.17) is 4.74 Å². The van der Waals surface area contributed by atoms with E-state index in [2.05, 4.69) is 15.6 Å². The Morgan fingerprint density at radius 3 is 2.81 bits per heavy atom. The van der Waals surface area contributed by atoms with Gasteiger partial charge in [0.2, 0.25) is 11.8 Å². The first kappa shape index (κ1) is 24.2. The van der Waals surface area contributed by atoms with Gasteiger partial charge in [0.15, 0.2) is 0 Å². The molecule has 4 atom stereocenters. The molecule has 2 aromatic rings. The summed E-state index contributed by atoms with van der Waals surface area (Å²) in [4.78, 5) is 54.7. The van der Waals surface area contributed by atoms with Crippen molar-refractivity contribution in [3.63, 3.8) is 0 Å². The van der Waals surface area contributed by atoms with Crippen LogP contribution >= 0.6 is 0 Å². The molecule has 1 aliphatic carbocycles. The Balaban J connectivity index is 1.37. The van der Waals surface area contributed by atoms with Gasteiger partial charge in [0.05, 0.1) is 18.6 Å². The van der Waals surface area contributed by atoms with Gasteiger partial charge in [-0.05, 0) is 43.9 Å². The summed E-state index contributed by atoms with van der Waals surface area (Å²) >= 11 is 0. The van der Waals surface area contributed by atoms with E-state index < -0.39 is 47.6 Å². The van der Waals surface area contributed by atoms with Gasteiger partial charge in [-0.1, -0.05) is 6.07 Å². The fourth-order valence-electron chi connectivity index (χ4n) is 5.57. The molecule has 3 aliphatic rings. The van der Waals surface area contributed by atoms with Crippen molar-refractivity contribution in [1.82, 2.24) is 20.5 Å². The van der Waals surface area contributed by atoms with E-state index in [9.17, 15) is 28.0 Å². The van der Waals surface area contributed by atoms with Crippen LogP contribution in [0.3, 0.4) is 0 Å². The van der Waals surface area contributed by atoms with Crippen molar-refractivity contribution < 1.29 is 32.7 Å². The van der Waals surface area contributed by atoms with Gasteiger partial charge >= 0.3 is 0 Å². The SMILES string of the molecule is COc1cccc2[nH]c(C(=O)N3CC4(CC3C(=O)NC(C=O)CC3CCCNC3=O)CC4(F)F)cc12. The van der Waals surface area contributed by atoms with Gasteiger partial charge in [-0.2, -0.15) is 0 Å². The molecule has 0 radical (unpaired) electrons. The van der Waals surface area contributed by atoms with E-state index in [0.717, 1.165) is 6.42 Å². The minimum Gasteiger partial charge on any atom is -0.496 e. The van der Waals surface area contributed by atoms with Crippen molar-refractivity contribution >= 4 is 34.9 Å². The van der Waals surface area contributed by atoms with E-state index >= 15 is 0 Å². The molecule has 1 spiro atoms. The summed E-state index contributed by atoms with van der Waals surface area (Å²) in [6.45, 7) is 0.308. The first-order valence-electron chi connectivity index (χ1n) is 12.1. The summed E-state index contributed by atoms with van der Waals surface area (Å²) in [5.74, 6) is -4.27. The number of fused-ring (bicyclic) bond motifs is 1. The van der Waals surface area contributed by atoms with E-state index in [-0.39, 0.29) is 31.0 Å². The zero-order valence-corrected chi connectivity index (χ0v) is 19.8. The minimum atomic E-state index is -2.96. The number of likely N-dealkylation sites (tertiary alicyclic amines) is 1. The number of carbonyl (C=O) groups is 4. The molecule has 11 heteroatoms. The Hall–Kier alpha value is -3.50. The molecule has 1 aromatic carbocycles. The van der Waals surface area contributed by atoms with Crippen LogP contribution in [0.1, 0.15) is 42.6 Å². The maximum Gasteiger partial charge on any atom is 0.271 e. The number of ether oxygens (including phenoxy) is 1. The number of H-pyrrole nitrogens is 1. The van der Waals surface area contributed by atoms with Crippen molar-refractivity contribution in [2.45, 2.75) is 50.1 Å². The fraction of sp³-hybridized carbons (Fsp3) is 0.520. The van der Waals surface area contributed by atoms with E-state index in [1.807, 2.05) is 0 Å². The number of hydrogen-bond acceptors (Lipinski definition) is 5. The Morgan fingerprint density at radius 1 is 1.36 bits per heavy atom. The lowest BCUT2D eigenvalue weighted by Gasteiger charge is -2.27. The summed E-state index contributed by atoms with van der Waals surface area (Å²) < 4.78 is 34.0. The number of piperidine rings is 1.